The van der Waals surface area contributed by atoms with E-state index in [2.05, 4.69) is 9.97 Å². The molecule has 0 aliphatic rings. The number of hydrogen-bond acceptors (Lipinski definition) is 5. The highest BCUT2D eigenvalue weighted by Gasteiger charge is 2.05. The van der Waals surface area contributed by atoms with E-state index in [-0.39, 0.29) is 0 Å². The second-order valence-corrected chi connectivity index (χ2v) is 3.54. The van der Waals surface area contributed by atoms with Gasteiger partial charge in [0.15, 0.2) is 0 Å². The lowest BCUT2D eigenvalue weighted by atomic mass is 10.2. The van der Waals surface area contributed by atoms with Crippen LogP contribution in [0, 0.1) is 0 Å². The lowest BCUT2D eigenvalue weighted by Crippen LogP contribution is -2.04. The van der Waals surface area contributed by atoms with E-state index in [9.17, 15) is 0 Å². The van der Waals surface area contributed by atoms with E-state index in [1.165, 1.54) is 0 Å². The van der Waals surface area contributed by atoms with Crippen molar-refractivity contribution < 1.29 is 4.74 Å². The first-order valence-corrected chi connectivity index (χ1v) is 5.01. The normalized spacial score (nSPS) is 10.8. The standard InChI is InChI=1S/C11H14N4O/c1-16-5-4-10-14-9-6-7(12)2-3-8(9)11(13)15-10/h2-3,6H,4-5,12H2,1H3,(H2,13,14,15). The Hall–Kier alpha value is -1.88. The third-order valence-corrected chi connectivity index (χ3v) is 2.33. The summed E-state index contributed by atoms with van der Waals surface area (Å²) in [6.45, 7) is 0.577. The summed E-state index contributed by atoms with van der Waals surface area (Å²) in [5.74, 6) is 1.16. The number of anilines is 2. The first kappa shape index (κ1) is 10.6. The third-order valence-electron chi connectivity index (χ3n) is 2.33. The highest BCUT2D eigenvalue weighted by molar-refractivity contribution is 5.89. The Balaban J connectivity index is 2.47. The fraction of sp³-hybridized carbons (Fsp3) is 0.273. The van der Waals surface area contributed by atoms with Crippen LogP contribution in [0.2, 0.25) is 0 Å². The molecule has 16 heavy (non-hydrogen) atoms. The molecule has 0 aliphatic carbocycles. The maximum absolute atomic E-state index is 5.85. The van der Waals surface area contributed by atoms with Crippen molar-refractivity contribution in [2.75, 3.05) is 25.2 Å². The van der Waals surface area contributed by atoms with Gasteiger partial charge in [-0.25, -0.2) is 9.97 Å². The number of hydrogen-bond donors (Lipinski definition) is 2. The summed E-state index contributed by atoms with van der Waals surface area (Å²) in [5, 5.41) is 0.829. The maximum atomic E-state index is 5.85. The monoisotopic (exact) mass is 218 g/mol. The topological polar surface area (TPSA) is 87.0 Å². The first-order chi connectivity index (χ1) is 7.70. The number of fused-ring (bicyclic) bond motifs is 1. The minimum absolute atomic E-state index is 0.483. The van der Waals surface area contributed by atoms with E-state index in [0.29, 0.717) is 30.4 Å². The second kappa shape index (κ2) is 4.32. The smallest absolute Gasteiger partial charge is 0.135 e. The fourth-order valence-electron chi connectivity index (χ4n) is 1.53. The van der Waals surface area contributed by atoms with Crippen molar-refractivity contribution in [3.63, 3.8) is 0 Å². The van der Waals surface area contributed by atoms with Gasteiger partial charge in [-0.2, -0.15) is 0 Å². The fourth-order valence-corrected chi connectivity index (χ4v) is 1.53. The number of methoxy groups -OCH3 is 1. The second-order valence-electron chi connectivity index (χ2n) is 3.54. The molecule has 0 aliphatic heterocycles. The molecule has 5 nitrogen and oxygen atoms in total. The molecule has 0 radical (unpaired) electrons. The molecule has 0 bridgehead atoms. The van der Waals surface area contributed by atoms with Gasteiger partial charge in [-0.15, -0.1) is 0 Å². The highest BCUT2D eigenvalue weighted by atomic mass is 16.5. The molecular formula is C11H14N4O. The van der Waals surface area contributed by atoms with E-state index in [4.69, 9.17) is 16.2 Å². The number of rotatable bonds is 3. The van der Waals surface area contributed by atoms with Crippen LogP contribution in [-0.2, 0) is 11.2 Å². The number of nitrogens with two attached hydrogens (primary N) is 2. The van der Waals surface area contributed by atoms with Crippen LogP contribution in [0.4, 0.5) is 11.5 Å². The average molecular weight is 218 g/mol. The van der Waals surface area contributed by atoms with Gasteiger partial charge in [0.05, 0.1) is 12.1 Å². The molecule has 2 rings (SSSR count). The Morgan fingerprint density at radius 1 is 1.25 bits per heavy atom. The minimum Gasteiger partial charge on any atom is -0.399 e. The van der Waals surface area contributed by atoms with Crippen molar-refractivity contribution in [3.8, 4) is 0 Å². The largest absolute Gasteiger partial charge is 0.399 e. The summed E-state index contributed by atoms with van der Waals surface area (Å²) in [6, 6.07) is 5.42. The van der Waals surface area contributed by atoms with Crippen LogP contribution >= 0.6 is 0 Å². The molecule has 2 aromatic rings. The van der Waals surface area contributed by atoms with Gasteiger partial charge in [-0.1, -0.05) is 0 Å². The molecular weight excluding hydrogens is 204 g/mol. The molecule has 0 atom stereocenters. The summed E-state index contributed by atoms with van der Waals surface area (Å²) in [7, 11) is 1.64. The molecule has 1 aromatic carbocycles. The van der Waals surface area contributed by atoms with Crippen LogP contribution in [0.15, 0.2) is 18.2 Å². The summed E-state index contributed by atoms with van der Waals surface area (Å²) in [5.41, 5.74) is 13.0. The van der Waals surface area contributed by atoms with Gasteiger partial charge in [0, 0.05) is 24.6 Å². The van der Waals surface area contributed by atoms with E-state index < -0.39 is 0 Å². The summed E-state index contributed by atoms with van der Waals surface area (Å²) < 4.78 is 4.98. The molecule has 0 spiro atoms. The van der Waals surface area contributed by atoms with Crippen molar-refractivity contribution in [3.05, 3.63) is 24.0 Å². The average Bonchev–Trinajstić information content (AvgIpc) is 2.25. The Labute approximate surface area is 93.4 Å². The zero-order valence-corrected chi connectivity index (χ0v) is 9.10. The molecule has 0 fully saturated rings. The van der Waals surface area contributed by atoms with E-state index in [1.807, 2.05) is 6.07 Å². The zero-order chi connectivity index (χ0) is 11.5. The van der Waals surface area contributed by atoms with Crippen LogP contribution in [0.5, 0.6) is 0 Å². The Kier molecular flexibility index (Phi) is 2.87. The summed E-state index contributed by atoms with van der Waals surface area (Å²) in [6.07, 6.45) is 0.644. The van der Waals surface area contributed by atoms with Crippen LogP contribution in [0.3, 0.4) is 0 Å². The lowest BCUT2D eigenvalue weighted by molar-refractivity contribution is 0.200. The molecule has 1 heterocycles. The van der Waals surface area contributed by atoms with Gasteiger partial charge in [0.25, 0.3) is 0 Å². The molecule has 0 amide bonds. The molecule has 4 N–H and O–H groups in total. The molecule has 0 saturated heterocycles. The minimum atomic E-state index is 0.483. The van der Waals surface area contributed by atoms with Gasteiger partial charge >= 0.3 is 0 Å². The van der Waals surface area contributed by atoms with Crippen LogP contribution in [-0.4, -0.2) is 23.7 Å². The number of benzene rings is 1. The van der Waals surface area contributed by atoms with Gasteiger partial charge in [-0.05, 0) is 18.2 Å². The van der Waals surface area contributed by atoms with Gasteiger partial charge in [-0.3, -0.25) is 0 Å². The number of nitrogens with zero attached hydrogens (tertiary/aromatic N) is 2. The van der Waals surface area contributed by atoms with Crippen LogP contribution in [0.25, 0.3) is 10.9 Å². The Morgan fingerprint density at radius 2 is 2.06 bits per heavy atom. The molecule has 1 aromatic heterocycles. The van der Waals surface area contributed by atoms with Crippen molar-refractivity contribution in [2.45, 2.75) is 6.42 Å². The molecule has 0 unspecified atom stereocenters. The quantitative estimate of drug-likeness (QED) is 0.750. The Morgan fingerprint density at radius 3 is 2.81 bits per heavy atom. The zero-order valence-electron chi connectivity index (χ0n) is 9.10. The third kappa shape index (κ3) is 2.04. The SMILES string of the molecule is COCCc1nc(N)c2ccc(N)cc2n1. The van der Waals surface area contributed by atoms with Crippen molar-refractivity contribution in [2.24, 2.45) is 0 Å². The van der Waals surface area contributed by atoms with Gasteiger partial charge < -0.3 is 16.2 Å². The Bertz CT molecular complexity index is 513. The van der Waals surface area contributed by atoms with Crippen molar-refractivity contribution >= 4 is 22.4 Å². The first-order valence-electron chi connectivity index (χ1n) is 5.01. The van der Waals surface area contributed by atoms with Crippen LogP contribution < -0.4 is 11.5 Å². The summed E-state index contributed by atoms with van der Waals surface area (Å²) in [4.78, 5) is 8.60. The number of ether oxygens (including phenoxy) is 1. The lowest BCUT2D eigenvalue weighted by Gasteiger charge is -2.05. The number of nitrogen functional groups attached to an aromatic ring is 2. The number of aromatic nitrogens is 2. The van der Waals surface area contributed by atoms with E-state index in [0.717, 1.165) is 10.9 Å². The van der Waals surface area contributed by atoms with Crippen molar-refractivity contribution in [1.82, 2.24) is 9.97 Å². The highest BCUT2D eigenvalue weighted by Crippen LogP contribution is 2.20. The van der Waals surface area contributed by atoms with Gasteiger partial charge in [0.2, 0.25) is 0 Å². The molecule has 84 valence electrons. The predicted octanol–water partition coefficient (Wildman–Crippen LogP) is 0.983. The van der Waals surface area contributed by atoms with Gasteiger partial charge in [0.1, 0.15) is 11.6 Å². The molecule has 0 saturated carbocycles. The molecule has 5 heteroatoms. The van der Waals surface area contributed by atoms with Crippen molar-refractivity contribution in [1.29, 1.82) is 0 Å². The van der Waals surface area contributed by atoms with Crippen LogP contribution in [0.1, 0.15) is 5.82 Å². The predicted molar refractivity (Wildman–Crippen MR) is 63.9 cm³/mol. The van der Waals surface area contributed by atoms with E-state index in [1.54, 1.807) is 19.2 Å². The van der Waals surface area contributed by atoms with E-state index >= 15 is 0 Å². The summed E-state index contributed by atoms with van der Waals surface area (Å²) >= 11 is 0. The maximum Gasteiger partial charge on any atom is 0.135 e.